The molecule has 0 fully saturated rings. The van der Waals surface area contributed by atoms with Crippen molar-refractivity contribution in [2.45, 2.75) is 11.8 Å². The number of carbonyl (C=O) groups is 1. The molecular weight excluding hydrogens is 400 g/mol. The minimum atomic E-state index is -3.67. The first-order valence-corrected chi connectivity index (χ1v) is 11.6. The van der Waals surface area contributed by atoms with Gasteiger partial charge in [0.15, 0.2) is 11.5 Å². The van der Waals surface area contributed by atoms with Crippen molar-refractivity contribution in [2.75, 3.05) is 41.4 Å². The number of carbonyl (C=O) groups excluding carboxylic acids is 1. The Kier molecular flexibility index (Phi) is 6.35. The zero-order valence-electron chi connectivity index (χ0n) is 15.7. The summed E-state index contributed by atoms with van der Waals surface area (Å²) in [5.74, 6) is 0.472. The molecule has 9 heteroatoms. The van der Waals surface area contributed by atoms with Crippen LogP contribution in [0.5, 0.6) is 11.5 Å². The summed E-state index contributed by atoms with van der Waals surface area (Å²) in [5.41, 5.74) is 1.01. The van der Waals surface area contributed by atoms with Gasteiger partial charge in [0, 0.05) is 11.0 Å². The molecule has 3 rings (SSSR count). The van der Waals surface area contributed by atoms with Crippen LogP contribution < -0.4 is 19.1 Å². The second kappa shape index (κ2) is 8.74. The monoisotopic (exact) mass is 422 g/mol. The first kappa shape index (κ1) is 20.3. The van der Waals surface area contributed by atoms with Crippen LogP contribution in [0.25, 0.3) is 0 Å². The van der Waals surface area contributed by atoms with Crippen LogP contribution in [-0.4, -0.2) is 46.1 Å². The third-order valence-corrected chi connectivity index (χ3v) is 6.72. The Balaban J connectivity index is 1.86. The summed E-state index contributed by atoms with van der Waals surface area (Å²) in [5, 5.41) is 2.80. The maximum absolute atomic E-state index is 12.6. The van der Waals surface area contributed by atoms with Crippen LogP contribution in [0.3, 0.4) is 0 Å². The first-order valence-electron chi connectivity index (χ1n) is 8.77. The Morgan fingerprint density at radius 1 is 1.14 bits per heavy atom. The fourth-order valence-corrected chi connectivity index (χ4v) is 4.38. The number of anilines is 2. The number of hydrogen-bond acceptors (Lipinski definition) is 6. The Morgan fingerprint density at radius 3 is 2.57 bits per heavy atom. The molecule has 2 aromatic carbocycles. The molecule has 0 unspecified atom stereocenters. The molecule has 0 aromatic heterocycles. The molecule has 2 aromatic rings. The minimum absolute atomic E-state index is 0.129. The summed E-state index contributed by atoms with van der Waals surface area (Å²) in [6, 6.07) is 12.2. The van der Waals surface area contributed by atoms with Crippen molar-refractivity contribution in [1.29, 1.82) is 0 Å². The molecule has 28 heavy (non-hydrogen) atoms. The molecule has 0 radical (unpaired) electrons. The van der Waals surface area contributed by atoms with Gasteiger partial charge in [-0.15, -0.1) is 11.8 Å². The molecule has 0 saturated carbocycles. The van der Waals surface area contributed by atoms with E-state index in [1.54, 1.807) is 31.2 Å². The number of amides is 1. The number of para-hydroxylation sites is 1. The molecule has 0 bridgehead atoms. The topological polar surface area (TPSA) is 84.9 Å². The lowest BCUT2D eigenvalue weighted by Gasteiger charge is -2.25. The van der Waals surface area contributed by atoms with Gasteiger partial charge >= 0.3 is 0 Å². The molecule has 0 atom stereocenters. The number of benzene rings is 2. The molecule has 0 aliphatic carbocycles. The van der Waals surface area contributed by atoms with Crippen LogP contribution in [-0.2, 0) is 14.8 Å². The van der Waals surface area contributed by atoms with E-state index in [-0.39, 0.29) is 12.3 Å². The smallest absolute Gasteiger partial charge is 0.245 e. The van der Waals surface area contributed by atoms with Gasteiger partial charge in [0.25, 0.3) is 0 Å². The van der Waals surface area contributed by atoms with E-state index in [4.69, 9.17) is 9.47 Å². The van der Waals surface area contributed by atoms with Gasteiger partial charge < -0.3 is 14.8 Å². The molecule has 0 spiro atoms. The summed E-state index contributed by atoms with van der Waals surface area (Å²) < 4.78 is 37.4. The summed E-state index contributed by atoms with van der Waals surface area (Å²) in [6.07, 6.45) is 1.91. The largest absolute Gasteiger partial charge is 0.486 e. The molecule has 7 nitrogen and oxygen atoms in total. The summed E-state index contributed by atoms with van der Waals surface area (Å²) >= 11 is 1.50. The Bertz CT molecular complexity index is 963. The highest BCUT2D eigenvalue weighted by molar-refractivity contribution is 7.98. The van der Waals surface area contributed by atoms with Crippen molar-refractivity contribution in [1.82, 2.24) is 0 Å². The van der Waals surface area contributed by atoms with Gasteiger partial charge in [-0.1, -0.05) is 12.1 Å². The number of nitrogens with one attached hydrogen (secondary N) is 1. The Labute approximate surface area is 169 Å². The number of rotatable bonds is 7. The highest BCUT2D eigenvalue weighted by atomic mass is 32.2. The highest BCUT2D eigenvalue weighted by Crippen LogP contribution is 2.35. The van der Waals surface area contributed by atoms with Crippen LogP contribution in [0.4, 0.5) is 11.4 Å². The Hall–Kier alpha value is -2.39. The van der Waals surface area contributed by atoms with Crippen LogP contribution in [0, 0.1) is 0 Å². The lowest BCUT2D eigenvalue weighted by Crippen LogP contribution is -2.39. The quantitative estimate of drug-likeness (QED) is 0.691. The van der Waals surface area contributed by atoms with Crippen molar-refractivity contribution in [3.63, 3.8) is 0 Å². The van der Waals surface area contributed by atoms with Crippen LogP contribution in [0.2, 0.25) is 0 Å². The second-order valence-corrected chi connectivity index (χ2v) is 9.01. The maximum Gasteiger partial charge on any atom is 0.245 e. The average Bonchev–Trinajstić information content (AvgIpc) is 2.72. The third-order valence-electron chi connectivity index (χ3n) is 4.18. The predicted octanol–water partition coefficient (Wildman–Crippen LogP) is 2.97. The minimum Gasteiger partial charge on any atom is -0.486 e. The molecule has 1 amide bonds. The van der Waals surface area contributed by atoms with E-state index < -0.39 is 15.9 Å². The average molecular weight is 423 g/mol. The lowest BCUT2D eigenvalue weighted by molar-refractivity contribution is -0.114. The Morgan fingerprint density at radius 2 is 1.86 bits per heavy atom. The van der Waals surface area contributed by atoms with Crippen LogP contribution in [0.1, 0.15) is 6.92 Å². The van der Waals surface area contributed by atoms with E-state index in [9.17, 15) is 13.2 Å². The van der Waals surface area contributed by atoms with Crippen LogP contribution in [0.15, 0.2) is 47.4 Å². The van der Waals surface area contributed by atoms with Crippen LogP contribution >= 0.6 is 11.8 Å². The number of nitrogens with zero attached hydrogens (tertiary/aromatic N) is 1. The number of thioether (sulfide) groups is 1. The zero-order valence-corrected chi connectivity index (χ0v) is 17.3. The summed E-state index contributed by atoms with van der Waals surface area (Å²) in [4.78, 5) is 13.5. The molecule has 1 heterocycles. The lowest BCUT2D eigenvalue weighted by atomic mass is 10.2. The molecule has 1 aliphatic heterocycles. The van der Waals surface area contributed by atoms with E-state index in [1.807, 2.05) is 24.5 Å². The normalized spacial score (nSPS) is 13.1. The molecule has 150 valence electrons. The number of hydrogen-bond donors (Lipinski definition) is 1. The zero-order chi connectivity index (χ0) is 20.1. The standard InChI is InChI=1S/C19H22N2O5S2/c1-3-28(23,24)21(14-8-9-16-17(12-14)26-11-10-25-16)13-19(22)20-15-6-4-5-7-18(15)27-2/h4-9,12H,3,10-11,13H2,1-2H3,(H,20,22). The van der Waals surface area contributed by atoms with Crippen molar-refractivity contribution >= 4 is 39.1 Å². The van der Waals surface area contributed by atoms with E-state index in [0.29, 0.717) is 36.1 Å². The van der Waals surface area contributed by atoms with Gasteiger partial charge in [-0.3, -0.25) is 9.10 Å². The second-order valence-electron chi connectivity index (χ2n) is 5.98. The van der Waals surface area contributed by atoms with E-state index >= 15 is 0 Å². The van der Waals surface area contributed by atoms with Crippen molar-refractivity contribution in [3.05, 3.63) is 42.5 Å². The number of fused-ring (bicyclic) bond motifs is 1. The predicted molar refractivity (Wildman–Crippen MR) is 111 cm³/mol. The van der Waals surface area contributed by atoms with E-state index in [2.05, 4.69) is 5.32 Å². The van der Waals surface area contributed by atoms with Gasteiger partial charge in [-0.05, 0) is 37.4 Å². The fraction of sp³-hybridized carbons (Fsp3) is 0.316. The third kappa shape index (κ3) is 4.53. The van der Waals surface area contributed by atoms with Gasteiger partial charge in [-0.25, -0.2) is 8.42 Å². The molecular formula is C19H22N2O5S2. The molecule has 0 saturated heterocycles. The SMILES string of the molecule is CCS(=O)(=O)N(CC(=O)Nc1ccccc1SC)c1ccc2c(c1)OCCO2. The van der Waals surface area contributed by atoms with Crippen molar-refractivity contribution in [3.8, 4) is 11.5 Å². The number of ether oxygens (including phenoxy) is 2. The summed E-state index contributed by atoms with van der Waals surface area (Å²) in [6.45, 7) is 2.04. The molecule has 1 aliphatic rings. The number of sulfonamides is 1. The highest BCUT2D eigenvalue weighted by Gasteiger charge is 2.25. The molecule has 1 N–H and O–H groups in total. The van der Waals surface area contributed by atoms with Crippen molar-refractivity contribution < 1.29 is 22.7 Å². The van der Waals surface area contributed by atoms with E-state index in [0.717, 1.165) is 9.20 Å². The fourth-order valence-electron chi connectivity index (χ4n) is 2.76. The van der Waals surface area contributed by atoms with Gasteiger partial charge in [-0.2, -0.15) is 0 Å². The van der Waals surface area contributed by atoms with Crippen molar-refractivity contribution in [2.24, 2.45) is 0 Å². The van der Waals surface area contributed by atoms with Gasteiger partial charge in [0.2, 0.25) is 15.9 Å². The van der Waals surface area contributed by atoms with Gasteiger partial charge in [0.1, 0.15) is 19.8 Å². The maximum atomic E-state index is 12.6. The van der Waals surface area contributed by atoms with Gasteiger partial charge in [0.05, 0.1) is 17.1 Å². The first-order chi connectivity index (χ1) is 13.4. The van der Waals surface area contributed by atoms with E-state index in [1.165, 1.54) is 11.8 Å². The summed E-state index contributed by atoms with van der Waals surface area (Å²) in [7, 11) is -3.67.